The van der Waals surface area contributed by atoms with E-state index in [1.165, 1.54) is 24.3 Å². The van der Waals surface area contributed by atoms with Crippen molar-refractivity contribution in [3.8, 4) is 22.9 Å². The Balaban J connectivity index is 1.84. The van der Waals surface area contributed by atoms with Crippen LogP contribution in [0.3, 0.4) is 0 Å². The van der Waals surface area contributed by atoms with Gasteiger partial charge < -0.3 is 9.26 Å². The van der Waals surface area contributed by atoms with Gasteiger partial charge in [0.2, 0.25) is 5.82 Å². The Bertz CT molecular complexity index is 970. The summed E-state index contributed by atoms with van der Waals surface area (Å²) >= 11 is 10.4. The molecule has 142 valence electrons. The van der Waals surface area contributed by atoms with Crippen molar-refractivity contribution in [1.82, 2.24) is 10.1 Å². The van der Waals surface area contributed by atoms with Crippen LogP contribution in [0.4, 0.5) is 22.0 Å². The third-order valence-electron chi connectivity index (χ3n) is 3.24. The van der Waals surface area contributed by atoms with E-state index in [0.29, 0.717) is 0 Å². The molecule has 3 aromatic rings. The molecule has 11 heteroatoms. The lowest BCUT2D eigenvalue weighted by Gasteiger charge is -2.11. The van der Waals surface area contributed by atoms with E-state index >= 15 is 0 Å². The quantitative estimate of drug-likeness (QED) is 0.354. The van der Waals surface area contributed by atoms with Crippen LogP contribution < -0.4 is 4.74 Å². The van der Waals surface area contributed by atoms with Crippen LogP contribution in [0.1, 0.15) is 11.5 Å². The van der Waals surface area contributed by atoms with Crippen molar-refractivity contribution < 1.29 is 31.2 Å². The normalized spacial score (nSPS) is 12.3. The van der Waals surface area contributed by atoms with Crippen molar-refractivity contribution >= 4 is 23.2 Å². The molecule has 1 heterocycles. The molecule has 27 heavy (non-hydrogen) atoms. The van der Waals surface area contributed by atoms with Crippen LogP contribution in [-0.4, -0.2) is 10.1 Å². The standard InChI is InChI=1S/C16H7Cl2F5N2O2/c17-12-7-10(4-5-11(12)16(21,22)23)26-9-3-1-2-8(6-9)13-24-14(27-25-13)15(18,19)20/h1-7H. The van der Waals surface area contributed by atoms with Gasteiger partial charge in [-0.15, -0.1) is 0 Å². The zero-order valence-corrected chi connectivity index (χ0v) is 14.4. The number of alkyl halides is 6. The molecule has 3 rings (SSSR count). The minimum absolute atomic E-state index is 0.0474. The van der Waals surface area contributed by atoms with Crippen molar-refractivity contribution in [3.63, 3.8) is 0 Å². The van der Waals surface area contributed by atoms with Crippen LogP contribution in [0.15, 0.2) is 47.0 Å². The van der Waals surface area contributed by atoms with Crippen molar-refractivity contribution in [2.75, 3.05) is 0 Å². The zero-order chi connectivity index (χ0) is 19.8. The number of ether oxygens (including phenoxy) is 1. The maximum atomic E-state index is 13.0. The summed E-state index contributed by atoms with van der Waals surface area (Å²) in [5.74, 6) is -1.00. The molecule has 0 fully saturated rings. The molecule has 0 aliphatic carbocycles. The molecule has 0 radical (unpaired) electrons. The first-order valence-electron chi connectivity index (χ1n) is 7.10. The van der Waals surface area contributed by atoms with Gasteiger partial charge in [0.1, 0.15) is 11.5 Å². The Morgan fingerprint density at radius 3 is 2.26 bits per heavy atom. The first-order chi connectivity index (χ1) is 12.5. The van der Waals surface area contributed by atoms with Crippen LogP contribution in [0.5, 0.6) is 11.5 Å². The van der Waals surface area contributed by atoms with E-state index in [0.717, 1.165) is 18.2 Å². The second-order valence-corrected chi connectivity index (χ2v) is 6.07. The van der Waals surface area contributed by atoms with E-state index < -0.39 is 28.0 Å². The molecule has 0 atom stereocenters. The number of rotatable bonds is 4. The van der Waals surface area contributed by atoms with E-state index in [9.17, 15) is 22.0 Å². The van der Waals surface area contributed by atoms with Gasteiger partial charge in [-0.2, -0.15) is 26.9 Å². The number of hydrogen-bond acceptors (Lipinski definition) is 4. The first-order valence-corrected chi connectivity index (χ1v) is 7.85. The number of benzene rings is 2. The van der Waals surface area contributed by atoms with Gasteiger partial charge >= 0.3 is 17.4 Å². The minimum Gasteiger partial charge on any atom is -0.457 e. The third-order valence-corrected chi connectivity index (χ3v) is 3.72. The Labute approximate surface area is 158 Å². The maximum Gasteiger partial charge on any atom is 0.417 e. The minimum atomic E-state index is -4.59. The molecule has 1 aromatic heterocycles. The van der Waals surface area contributed by atoms with Crippen molar-refractivity contribution in [1.29, 1.82) is 0 Å². The molecule has 0 saturated carbocycles. The topological polar surface area (TPSA) is 48.2 Å². The molecule has 0 spiro atoms. The fourth-order valence-corrected chi connectivity index (χ4v) is 2.43. The SMILES string of the molecule is FC(F)(F)c1ccc(Oc2cccc(-c3noc(C(F)(F)Cl)n3)c2)cc1Cl. The second-order valence-electron chi connectivity index (χ2n) is 5.19. The van der Waals surface area contributed by atoms with Gasteiger partial charge in [0, 0.05) is 11.6 Å². The van der Waals surface area contributed by atoms with Gasteiger partial charge in [-0.05, 0) is 35.9 Å². The predicted molar refractivity (Wildman–Crippen MR) is 86.0 cm³/mol. The van der Waals surface area contributed by atoms with Gasteiger partial charge in [-0.25, -0.2) is 0 Å². The summed E-state index contributed by atoms with van der Waals surface area (Å²) in [6.07, 6.45) is -4.59. The molecule has 0 amide bonds. The summed E-state index contributed by atoms with van der Waals surface area (Å²) in [5, 5.41) is -0.932. The van der Waals surface area contributed by atoms with Gasteiger partial charge in [-0.1, -0.05) is 28.9 Å². The summed E-state index contributed by atoms with van der Waals surface area (Å²) in [6, 6.07) is 8.77. The van der Waals surface area contributed by atoms with E-state index in [1.54, 1.807) is 0 Å². The number of halogens is 7. The summed E-state index contributed by atoms with van der Waals surface area (Å²) in [6.45, 7) is 0. The fraction of sp³-hybridized carbons (Fsp3) is 0.125. The van der Waals surface area contributed by atoms with E-state index in [4.69, 9.17) is 27.9 Å². The second kappa shape index (κ2) is 6.97. The van der Waals surface area contributed by atoms with E-state index in [-0.39, 0.29) is 22.9 Å². The van der Waals surface area contributed by atoms with Crippen molar-refractivity contribution in [2.45, 2.75) is 11.6 Å². The highest BCUT2D eigenvalue weighted by Crippen LogP contribution is 2.37. The van der Waals surface area contributed by atoms with Gasteiger partial charge in [0.15, 0.2) is 0 Å². The Morgan fingerprint density at radius 2 is 1.67 bits per heavy atom. The number of aromatic nitrogens is 2. The fourth-order valence-electron chi connectivity index (χ4n) is 2.08. The molecular weight excluding hydrogens is 418 g/mol. The molecule has 2 aromatic carbocycles. The molecule has 0 aliphatic rings. The van der Waals surface area contributed by atoms with Crippen molar-refractivity contribution in [3.05, 3.63) is 58.9 Å². The van der Waals surface area contributed by atoms with Crippen LogP contribution in [0, 0.1) is 0 Å². The maximum absolute atomic E-state index is 13.0. The van der Waals surface area contributed by atoms with Gasteiger partial charge in [0.05, 0.1) is 10.6 Å². The summed E-state index contributed by atoms with van der Waals surface area (Å²) < 4.78 is 73.9. The van der Waals surface area contributed by atoms with Gasteiger partial charge in [-0.3, -0.25) is 0 Å². The smallest absolute Gasteiger partial charge is 0.417 e. The van der Waals surface area contributed by atoms with E-state index in [2.05, 4.69) is 14.7 Å². The molecule has 0 bridgehead atoms. The molecule has 0 aliphatic heterocycles. The van der Waals surface area contributed by atoms with Crippen LogP contribution in [0.2, 0.25) is 5.02 Å². The highest BCUT2D eigenvalue weighted by molar-refractivity contribution is 6.31. The molecule has 0 saturated heterocycles. The summed E-state index contributed by atoms with van der Waals surface area (Å²) in [4.78, 5) is 3.49. The molecule has 0 N–H and O–H groups in total. The molecule has 4 nitrogen and oxygen atoms in total. The highest BCUT2D eigenvalue weighted by atomic mass is 35.5. The summed E-state index contributed by atoms with van der Waals surface area (Å²) in [5.41, 5.74) is -0.729. The lowest BCUT2D eigenvalue weighted by Crippen LogP contribution is -2.05. The largest absolute Gasteiger partial charge is 0.457 e. The van der Waals surface area contributed by atoms with E-state index in [1.807, 2.05) is 0 Å². The Hall–Kier alpha value is -2.39. The monoisotopic (exact) mass is 424 g/mol. The van der Waals surface area contributed by atoms with Crippen molar-refractivity contribution in [2.24, 2.45) is 0 Å². The van der Waals surface area contributed by atoms with Crippen LogP contribution in [0.25, 0.3) is 11.4 Å². The summed E-state index contributed by atoms with van der Waals surface area (Å²) in [7, 11) is 0. The Kier molecular flexibility index (Phi) is 5.00. The lowest BCUT2D eigenvalue weighted by molar-refractivity contribution is -0.137. The number of hydrogen-bond donors (Lipinski definition) is 0. The average molecular weight is 425 g/mol. The van der Waals surface area contributed by atoms with Crippen LogP contribution in [-0.2, 0) is 11.6 Å². The lowest BCUT2D eigenvalue weighted by atomic mass is 10.2. The zero-order valence-electron chi connectivity index (χ0n) is 12.9. The molecular formula is C16H7Cl2F5N2O2. The Morgan fingerprint density at radius 1 is 0.963 bits per heavy atom. The number of nitrogens with zero attached hydrogens (tertiary/aromatic N) is 2. The third kappa shape index (κ3) is 4.48. The van der Waals surface area contributed by atoms with Crippen LogP contribution >= 0.6 is 23.2 Å². The molecule has 0 unspecified atom stereocenters. The first kappa shape index (κ1) is 19.4. The highest BCUT2D eigenvalue weighted by Gasteiger charge is 2.36. The average Bonchev–Trinajstić information content (AvgIpc) is 3.04. The predicted octanol–water partition coefficient (Wildman–Crippen LogP) is 6.49. The van der Waals surface area contributed by atoms with Gasteiger partial charge in [0.25, 0.3) is 0 Å².